The first-order chi connectivity index (χ1) is 8.00. The quantitative estimate of drug-likeness (QED) is 0.541. The van der Waals surface area contributed by atoms with E-state index in [0.717, 1.165) is 17.8 Å². The molecule has 0 spiro atoms. The van der Waals surface area contributed by atoms with E-state index in [9.17, 15) is 0 Å². The molecule has 0 atom stereocenters. The minimum atomic E-state index is 0.512. The maximum absolute atomic E-state index is 2.53. The van der Waals surface area contributed by atoms with E-state index in [4.69, 9.17) is 0 Å². The molecule has 0 aromatic rings. The number of rotatable bonds is 8. The summed E-state index contributed by atoms with van der Waals surface area (Å²) in [5.74, 6) is 2.51. The Morgan fingerprint density at radius 2 is 1.17 bits per heavy atom. The molecule has 0 saturated carbocycles. The highest BCUT2D eigenvalue weighted by Gasteiger charge is 2.40. The highest BCUT2D eigenvalue weighted by atomic mass is 28.1. The minimum absolute atomic E-state index is 0.512. The Bertz CT molecular complexity index is 216. The molecule has 0 aromatic heterocycles. The fourth-order valence-electron chi connectivity index (χ4n) is 3.39. The van der Waals surface area contributed by atoms with E-state index in [-0.39, 0.29) is 0 Å². The molecule has 0 aliphatic carbocycles. The Kier molecular flexibility index (Phi) is 7.21. The van der Waals surface area contributed by atoms with Gasteiger partial charge in [-0.3, -0.25) is 0 Å². The topological polar surface area (TPSA) is 0 Å². The number of hydrogen-bond donors (Lipinski definition) is 0. The summed E-state index contributed by atoms with van der Waals surface area (Å²) < 4.78 is 0. The highest BCUT2D eigenvalue weighted by molar-refractivity contribution is 6.15. The Labute approximate surface area is 120 Å². The maximum atomic E-state index is 2.53. The third kappa shape index (κ3) is 5.91. The van der Waals surface area contributed by atoms with Crippen molar-refractivity contribution in [3.63, 3.8) is 0 Å². The second-order valence-corrected chi connectivity index (χ2v) is 10.5. The van der Waals surface area contributed by atoms with E-state index < -0.39 is 0 Å². The van der Waals surface area contributed by atoms with Crippen LogP contribution >= 0.6 is 0 Å². The molecule has 0 unspecified atom stereocenters. The zero-order chi connectivity index (χ0) is 14.6. The molecule has 0 heterocycles. The van der Waals surface area contributed by atoms with Crippen LogP contribution in [-0.4, -0.2) is 10.2 Å². The standard InChI is InChI=1S/C17H38Si/c1-13(2)9-10-16(7,8)17(18,11-14(3)4)12-15(5)6/h13-15H,9-12H2,1-8,18H3. The SMILES string of the molecule is CC(C)CCC(C)(C)C([SiH3])(CC(C)C)CC(C)C. The lowest BCUT2D eigenvalue weighted by Crippen LogP contribution is -2.35. The average Bonchev–Trinajstić information content (AvgIpc) is 2.11. The Hall–Kier alpha value is 0.217. The molecule has 0 aromatic carbocycles. The summed E-state index contributed by atoms with van der Waals surface area (Å²) in [6, 6.07) is 0. The second-order valence-electron chi connectivity index (χ2n) is 8.57. The molecule has 1 heteroatoms. The number of hydrogen-bond acceptors (Lipinski definition) is 0. The molecule has 18 heavy (non-hydrogen) atoms. The van der Waals surface area contributed by atoms with Crippen LogP contribution in [0.3, 0.4) is 0 Å². The van der Waals surface area contributed by atoms with Crippen LogP contribution in [0.5, 0.6) is 0 Å². The summed E-state index contributed by atoms with van der Waals surface area (Å²) in [6.45, 7) is 19.4. The lowest BCUT2D eigenvalue weighted by Gasteiger charge is -2.47. The van der Waals surface area contributed by atoms with Gasteiger partial charge in [-0.25, -0.2) is 0 Å². The predicted molar refractivity (Wildman–Crippen MR) is 89.4 cm³/mol. The summed E-state index contributed by atoms with van der Waals surface area (Å²) in [4.78, 5) is 0. The first-order valence-electron chi connectivity index (χ1n) is 8.00. The third-order valence-corrected chi connectivity index (χ3v) is 6.87. The summed E-state index contributed by atoms with van der Waals surface area (Å²) in [6.07, 6.45) is 5.62. The molecule has 0 saturated heterocycles. The van der Waals surface area contributed by atoms with Crippen LogP contribution in [0.1, 0.15) is 81.1 Å². The summed E-state index contributed by atoms with van der Waals surface area (Å²) in [5.41, 5.74) is 0.512. The molecule has 0 radical (unpaired) electrons. The molecule has 0 bridgehead atoms. The van der Waals surface area contributed by atoms with Gasteiger partial charge in [0, 0.05) is 10.2 Å². The monoisotopic (exact) mass is 270 g/mol. The zero-order valence-electron chi connectivity index (χ0n) is 14.6. The Balaban J connectivity index is 4.90. The van der Waals surface area contributed by atoms with Crippen molar-refractivity contribution in [1.82, 2.24) is 0 Å². The summed E-state index contributed by atoms with van der Waals surface area (Å²) in [7, 11) is 1.33. The Morgan fingerprint density at radius 1 is 0.778 bits per heavy atom. The van der Waals surface area contributed by atoms with E-state index in [0.29, 0.717) is 10.5 Å². The van der Waals surface area contributed by atoms with Crippen LogP contribution in [0.25, 0.3) is 0 Å². The van der Waals surface area contributed by atoms with Crippen molar-refractivity contribution in [3.05, 3.63) is 0 Å². The van der Waals surface area contributed by atoms with Crippen LogP contribution in [0.2, 0.25) is 5.04 Å². The Morgan fingerprint density at radius 3 is 1.44 bits per heavy atom. The first-order valence-corrected chi connectivity index (χ1v) is 9.00. The molecular formula is C17H38Si. The van der Waals surface area contributed by atoms with Gasteiger partial charge in [0.1, 0.15) is 0 Å². The largest absolute Gasteiger partial charge is 0.0628 e. The molecule has 0 aliphatic heterocycles. The van der Waals surface area contributed by atoms with Crippen molar-refractivity contribution >= 4 is 10.2 Å². The van der Waals surface area contributed by atoms with Crippen LogP contribution < -0.4 is 0 Å². The molecule has 0 fully saturated rings. The van der Waals surface area contributed by atoms with Crippen molar-refractivity contribution in [2.45, 2.75) is 86.1 Å². The summed E-state index contributed by atoms with van der Waals surface area (Å²) in [5, 5.41) is 0.615. The van der Waals surface area contributed by atoms with Crippen LogP contribution in [0, 0.1) is 23.2 Å². The zero-order valence-corrected chi connectivity index (χ0v) is 16.6. The molecule has 0 nitrogen and oxygen atoms in total. The van der Waals surface area contributed by atoms with E-state index in [1.807, 2.05) is 0 Å². The van der Waals surface area contributed by atoms with Crippen LogP contribution in [0.15, 0.2) is 0 Å². The van der Waals surface area contributed by atoms with Gasteiger partial charge in [0.25, 0.3) is 0 Å². The lowest BCUT2D eigenvalue weighted by molar-refractivity contribution is 0.150. The average molecular weight is 271 g/mol. The second kappa shape index (κ2) is 7.12. The van der Waals surface area contributed by atoms with Gasteiger partial charge in [-0.15, -0.1) is 0 Å². The smallest absolute Gasteiger partial charge is 0.0114 e. The van der Waals surface area contributed by atoms with Crippen LogP contribution in [-0.2, 0) is 0 Å². The molecule has 0 aliphatic rings. The van der Waals surface area contributed by atoms with Crippen molar-refractivity contribution in [2.75, 3.05) is 0 Å². The van der Waals surface area contributed by atoms with Gasteiger partial charge in [0.05, 0.1) is 0 Å². The van der Waals surface area contributed by atoms with E-state index >= 15 is 0 Å². The summed E-state index contributed by atoms with van der Waals surface area (Å²) >= 11 is 0. The van der Waals surface area contributed by atoms with E-state index in [2.05, 4.69) is 55.4 Å². The lowest BCUT2D eigenvalue weighted by atomic mass is 9.67. The van der Waals surface area contributed by atoms with Crippen LogP contribution in [0.4, 0.5) is 0 Å². The van der Waals surface area contributed by atoms with Gasteiger partial charge in [0.2, 0.25) is 0 Å². The molecule has 0 N–H and O–H groups in total. The van der Waals surface area contributed by atoms with Crippen molar-refractivity contribution in [3.8, 4) is 0 Å². The fraction of sp³-hybridized carbons (Fsp3) is 1.00. The molecule has 110 valence electrons. The van der Waals surface area contributed by atoms with Gasteiger partial charge in [0.15, 0.2) is 0 Å². The first kappa shape index (κ1) is 18.2. The fourth-order valence-corrected chi connectivity index (χ4v) is 5.27. The predicted octanol–water partition coefficient (Wildman–Crippen LogP) is 5.07. The van der Waals surface area contributed by atoms with E-state index in [1.54, 1.807) is 0 Å². The van der Waals surface area contributed by atoms with Crippen molar-refractivity contribution < 1.29 is 0 Å². The van der Waals surface area contributed by atoms with Gasteiger partial charge >= 0.3 is 0 Å². The molecular weight excluding hydrogens is 232 g/mol. The minimum Gasteiger partial charge on any atom is -0.0628 e. The normalized spacial score (nSPS) is 14.2. The van der Waals surface area contributed by atoms with Gasteiger partial charge in [-0.1, -0.05) is 61.8 Å². The highest BCUT2D eigenvalue weighted by Crippen LogP contribution is 2.54. The van der Waals surface area contributed by atoms with Gasteiger partial charge < -0.3 is 0 Å². The molecule has 0 rings (SSSR count). The van der Waals surface area contributed by atoms with E-state index in [1.165, 1.54) is 35.9 Å². The van der Waals surface area contributed by atoms with Crippen molar-refractivity contribution in [1.29, 1.82) is 0 Å². The van der Waals surface area contributed by atoms with Gasteiger partial charge in [-0.2, -0.15) is 0 Å². The van der Waals surface area contributed by atoms with Crippen molar-refractivity contribution in [2.24, 2.45) is 23.2 Å². The maximum Gasteiger partial charge on any atom is 0.0114 e. The molecule has 0 amide bonds. The third-order valence-electron chi connectivity index (χ3n) is 4.70. The van der Waals surface area contributed by atoms with Gasteiger partial charge in [-0.05, 0) is 47.5 Å².